The molecule has 2 fully saturated rings. The first-order valence-corrected chi connectivity index (χ1v) is 12.2. The number of oxazole rings is 1. The molecule has 170 valence electrons. The summed E-state index contributed by atoms with van der Waals surface area (Å²) in [6, 6.07) is 4.45. The van der Waals surface area contributed by atoms with Gasteiger partial charge in [-0.1, -0.05) is 13.8 Å². The minimum Gasteiger partial charge on any atom is -0.408 e. The molecular formula is C21H30N4O5S. The van der Waals surface area contributed by atoms with Crippen LogP contribution in [-0.2, 0) is 21.4 Å². The van der Waals surface area contributed by atoms with E-state index in [9.17, 15) is 18.0 Å². The molecule has 0 saturated carbocycles. The van der Waals surface area contributed by atoms with Gasteiger partial charge in [0.25, 0.3) is 0 Å². The minimum atomic E-state index is -3.69. The molecule has 9 nitrogen and oxygen atoms in total. The highest BCUT2D eigenvalue weighted by Gasteiger charge is 2.32. The molecule has 2 aliphatic rings. The molecule has 0 N–H and O–H groups in total. The van der Waals surface area contributed by atoms with Crippen LogP contribution in [0.15, 0.2) is 32.3 Å². The van der Waals surface area contributed by atoms with E-state index >= 15 is 0 Å². The highest BCUT2D eigenvalue weighted by Crippen LogP contribution is 2.28. The van der Waals surface area contributed by atoms with E-state index in [2.05, 4.69) is 18.7 Å². The third-order valence-electron chi connectivity index (χ3n) is 6.26. The second kappa shape index (κ2) is 8.40. The summed E-state index contributed by atoms with van der Waals surface area (Å²) in [6.07, 6.45) is 1.00. The Morgan fingerprint density at radius 2 is 1.74 bits per heavy atom. The highest BCUT2D eigenvalue weighted by molar-refractivity contribution is 7.89. The molecule has 2 aromatic rings. The van der Waals surface area contributed by atoms with Crippen LogP contribution in [0.2, 0.25) is 0 Å². The van der Waals surface area contributed by atoms with E-state index in [1.54, 1.807) is 11.0 Å². The number of sulfonamides is 1. The molecule has 1 amide bonds. The Hall–Kier alpha value is -2.17. The highest BCUT2D eigenvalue weighted by atomic mass is 32.2. The van der Waals surface area contributed by atoms with Crippen molar-refractivity contribution in [2.45, 2.75) is 31.7 Å². The fraction of sp³-hybridized carbons (Fsp3) is 0.619. The van der Waals surface area contributed by atoms with Crippen molar-refractivity contribution in [2.24, 2.45) is 11.8 Å². The Morgan fingerprint density at radius 1 is 1.10 bits per heavy atom. The van der Waals surface area contributed by atoms with E-state index in [4.69, 9.17) is 4.42 Å². The number of likely N-dealkylation sites (N-methyl/N-ethyl adjacent to an activating group) is 1. The summed E-state index contributed by atoms with van der Waals surface area (Å²) >= 11 is 0. The fourth-order valence-corrected chi connectivity index (χ4v) is 6.29. The zero-order chi connectivity index (χ0) is 22.3. The summed E-state index contributed by atoms with van der Waals surface area (Å²) in [6.45, 7) is 7.77. The van der Waals surface area contributed by atoms with Crippen LogP contribution in [0.25, 0.3) is 11.1 Å². The van der Waals surface area contributed by atoms with Gasteiger partial charge in [-0.3, -0.25) is 9.36 Å². The van der Waals surface area contributed by atoms with Crippen LogP contribution in [0.3, 0.4) is 0 Å². The minimum absolute atomic E-state index is 0.104. The fourth-order valence-electron chi connectivity index (χ4n) is 4.60. The van der Waals surface area contributed by atoms with E-state index in [1.807, 2.05) is 7.05 Å². The Kier molecular flexibility index (Phi) is 5.97. The van der Waals surface area contributed by atoms with Gasteiger partial charge in [-0.15, -0.1) is 0 Å². The molecule has 2 saturated heterocycles. The van der Waals surface area contributed by atoms with Gasteiger partial charge in [-0.05, 0) is 37.4 Å². The lowest BCUT2D eigenvalue weighted by Crippen LogP contribution is -2.48. The van der Waals surface area contributed by atoms with Crippen molar-refractivity contribution in [3.63, 3.8) is 0 Å². The second-order valence-corrected chi connectivity index (χ2v) is 11.0. The lowest BCUT2D eigenvalue weighted by atomic mass is 9.94. The van der Waals surface area contributed by atoms with E-state index in [0.717, 1.165) is 19.5 Å². The maximum atomic E-state index is 13.2. The summed E-state index contributed by atoms with van der Waals surface area (Å²) in [7, 11) is -1.68. The number of rotatable bonds is 4. The number of piperazine rings is 1. The molecule has 4 rings (SSSR count). The number of benzene rings is 1. The van der Waals surface area contributed by atoms with Crippen molar-refractivity contribution < 1.29 is 17.6 Å². The molecule has 0 radical (unpaired) electrons. The number of carbonyl (C=O) groups excluding carboxylic acids is 1. The predicted octanol–water partition coefficient (Wildman–Crippen LogP) is 1.04. The molecule has 1 aromatic carbocycles. The quantitative estimate of drug-likeness (QED) is 0.691. The molecule has 0 unspecified atom stereocenters. The van der Waals surface area contributed by atoms with Gasteiger partial charge in [0.1, 0.15) is 6.54 Å². The van der Waals surface area contributed by atoms with Crippen molar-refractivity contribution in [1.82, 2.24) is 18.7 Å². The molecule has 0 aliphatic carbocycles. The number of carbonyl (C=O) groups is 1. The third-order valence-corrected chi connectivity index (χ3v) is 8.09. The number of fused-ring (bicyclic) bond motifs is 1. The zero-order valence-electron chi connectivity index (χ0n) is 18.3. The number of piperidine rings is 1. The molecule has 31 heavy (non-hydrogen) atoms. The average Bonchev–Trinajstić information content (AvgIpc) is 3.02. The zero-order valence-corrected chi connectivity index (χ0v) is 19.1. The monoisotopic (exact) mass is 450 g/mol. The first-order valence-electron chi connectivity index (χ1n) is 10.7. The van der Waals surface area contributed by atoms with Gasteiger partial charge in [0.2, 0.25) is 15.9 Å². The Bertz CT molecular complexity index is 1120. The largest absolute Gasteiger partial charge is 0.420 e. The smallest absolute Gasteiger partial charge is 0.408 e. The van der Waals surface area contributed by atoms with Crippen molar-refractivity contribution in [3.05, 3.63) is 28.7 Å². The van der Waals surface area contributed by atoms with Gasteiger partial charge in [0.15, 0.2) is 5.58 Å². The maximum Gasteiger partial charge on any atom is 0.420 e. The molecule has 0 spiro atoms. The van der Waals surface area contributed by atoms with Crippen LogP contribution in [0.1, 0.15) is 20.3 Å². The molecule has 3 heterocycles. The lowest BCUT2D eigenvalue weighted by Gasteiger charge is -2.34. The summed E-state index contributed by atoms with van der Waals surface area (Å²) in [5, 5.41) is 0. The van der Waals surface area contributed by atoms with E-state index in [-0.39, 0.29) is 22.9 Å². The number of hydrogen-bond donors (Lipinski definition) is 0. The van der Waals surface area contributed by atoms with E-state index in [1.165, 1.54) is 21.0 Å². The van der Waals surface area contributed by atoms with Crippen LogP contribution in [0, 0.1) is 11.8 Å². The van der Waals surface area contributed by atoms with Gasteiger partial charge in [-0.2, -0.15) is 4.31 Å². The normalized spacial score (nSPS) is 24.0. The van der Waals surface area contributed by atoms with Crippen molar-refractivity contribution in [3.8, 4) is 0 Å². The molecule has 10 heteroatoms. The molecule has 1 aromatic heterocycles. The number of amides is 1. The summed E-state index contributed by atoms with van der Waals surface area (Å²) < 4.78 is 34.4. The van der Waals surface area contributed by atoms with Gasteiger partial charge in [0.05, 0.1) is 10.4 Å². The molecular weight excluding hydrogens is 420 g/mol. The number of hydrogen-bond acceptors (Lipinski definition) is 6. The van der Waals surface area contributed by atoms with Crippen LogP contribution in [0.5, 0.6) is 0 Å². The number of nitrogens with zero attached hydrogens (tertiary/aromatic N) is 4. The Morgan fingerprint density at radius 3 is 2.39 bits per heavy atom. The standard InChI is InChI=1S/C21H30N4O5S/c1-15-10-16(2)13-24(12-15)31(28,29)17-4-5-18-19(11-17)30-21(27)25(18)14-20(26)23-8-6-22(3)7-9-23/h4-5,11,15-16H,6-10,12-14H2,1-3H3/t15-,16-/m0/s1. The molecule has 0 bridgehead atoms. The van der Waals surface area contributed by atoms with Crippen molar-refractivity contribution in [1.29, 1.82) is 0 Å². The second-order valence-electron chi connectivity index (χ2n) is 9.04. The Labute approximate surface area is 182 Å². The van der Waals surface area contributed by atoms with Crippen molar-refractivity contribution in [2.75, 3.05) is 46.3 Å². The van der Waals surface area contributed by atoms with Crippen LogP contribution >= 0.6 is 0 Å². The third kappa shape index (κ3) is 4.42. The van der Waals surface area contributed by atoms with E-state index < -0.39 is 15.8 Å². The topological polar surface area (TPSA) is 96.1 Å². The van der Waals surface area contributed by atoms with E-state index in [0.29, 0.717) is 43.5 Å². The van der Waals surface area contributed by atoms with Gasteiger partial charge in [-0.25, -0.2) is 13.2 Å². The van der Waals surface area contributed by atoms with Crippen LogP contribution < -0.4 is 5.76 Å². The average molecular weight is 451 g/mol. The maximum absolute atomic E-state index is 13.2. The van der Waals surface area contributed by atoms with Crippen LogP contribution in [-0.4, -0.2) is 79.3 Å². The van der Waals surface area contributed by atoms with Crippen LogP contribution in [0.4, 0.5) is 0 Å². The SMILES string of the molecule is C[C@H]1C[C@H](C)CN(S(=O)(=O)c2ccc3c(c2)oc(=O)n3CC(=O)N2CCN(C)CC2)C1. The number of aromatic nitrogens is 1. The molecule has 2 aliphatic heterocycles. The first-order chi connectivity index (χ1) is 14.6. The van der Waals surface area contributed by atoms with Crippen molar-refractivity contribution >= 4 is 27.0 Å². The lowest BCUT2D eigenvalue weighted by molar-refractivity contribution is -0.133. The molecule has 2 atom stereocenters. The summed E-state index contributed by atoms with van der Waals surface area (Å²) in [5.41, 5.74) is 0.599. The van der Waals surface area contributed by atoms with Gasteiger partial charge < -0.3 is 14.2 Å². The first kappa shape index (κ1) is 22.0. The summed E-state index contributed by atoms with van der Waals surface area (Å²) in [5.74, 6) is -0.221. The Balaban J connectivity index is 1.58. The van der Waals surface area contributed by atoms with Gasteiger partial charge >= 0.3 is 5.76 Å². The predicted molar refractivity (Wildman–Crippen MR) is 116 cm³/mol. The summed E-state index contributed by atoms with van der Waals surface area (Å²) in [4.78, 5) is 29.1. The van der Waals surface area contributed by atoms with Gasteiger partial charge in [0, 0.05) is 45.3 Å².